The van der Waals surface area contributed by atoms with Crippen LogP contribution in [0.1, 0.15) is 78.5 Å². The molecule has 0 bridgehead atoms. The highest BCUT2D eigenvalue weighted by Gasteiger charge is 2.34. The second kappa shape index (κ2) is 6.34. The van der Waals surface area contributed by atoms with Crippen LogP contribution >= 0.6 is 0 Å². The van der Waals surface area contributed by atoms with Gasteiger partial charge in [-0.3, -0.25) is 0 Å². The normalized spacial score (nSPS) is 15.9. The molecule has 2 rings (SSSR count). The number of allylic oxidation sites excluding steroid dienone is 4. The molecule has 0 atom stereocenters. The Bertz CT molecular complexity index is 716. The lowest BCUT2D eigenvalue weighted by atomic mass is 9.73. The molecule has 0 saturated heterocycles. The van der Waals surface area contributed by atoms with Gasteiger partial charge in [0.15, 0.2) is 0 Å². The monoisotopic (exact) mass is 340 g/mol. The number of hydrogen-bond donors (Lipinski definition) is 0. The van der Waals surface area contributed by atoms with Crippen molar-refractivity contribution in [3.05, 3.63) is 52.1 Å². The summed E-state index contributed by atoms with van der Waals surface area (Å²) in [5.41, 5.74) is 7.01. The Kier molecular flexibility index (Phi) is 5.03. The van der Waals surface area contributed by atoms with E-state index >= 15 is 0 Å². The predicted molar refractivity (Wildman–Crippen MR) is 110 cm³/mol. The Morgan fingerprint density at radius 2 is 1.40 bits per heavy atom. The van der Waals surface area contributed by atoms with E-state index in [1.54, 1.807) is 7.11 Å². The second-order valence-corrected chi connectivity index (χ2v) is 10.1. The maximum absolute atomic E-state index is 5.95. The van der Waals surface area contributed by atoms with Crippen molar-refractivity contribution >= 4 is 0 Å². The molecule has 0 aromatic heterocycles. The predicted octanol–water partition coefficient (Wildman–Crippen LogP) is 6.88. The molecule has 0 aliphatic heterocycles. The zero-order valence-electron chi connectivity index (χ0n) is 17.9. The lowest BCUT2D eigenvalue weighted by molar-refractivity contribution is 0.383. The van der Waals surface area contributed by atoms with Gasteiger partial charge in [-0.25, -0.2) is 0 Å². The zero-order chi connectivity index (χ0) is 19.2. The van der Waals surface area contributed by atoms with Crippen LogP contribution in [0.4, 0.5) is 0 Å². The van der Waals surface area contributed by atoms with Gasteiger partial charge < -0.3 is 4.74 Å². The molecule has 1 aromatic rings. The van der Waals surface area contributed by atoms with Gasteiger partial charge in [0.1, 0.15) is 5.75 Å². The maximum Gasteiger partial charge on any atom is 0.126 e. The van der Waals surface area contributed by atoms with E-state index in [-0.39, 0.29) is 16.2 Å². The first-order valence-electron chi connectivity index (χ1n) is 9.39. The molecule has 0 radical (unpaired) electrons. The van der Waals surface area contributed by atoms with Crippen LogP contribution in [0.3, 0.4) is 0 Å². The summed E-state index contributed by atoms with van der Waals surface area (Å²) in [7, 11) is 1.81. The summed E-state index contributed by atoms with van der Waals surface area (Å²) in [6, 6.07) is 4.59. The first-order chi connectivity index (χ1) is 11.3. The maximum atomic E-state index is 5.95. The van der Waals surface area contributed by atoms with Crippen molar-refractivity contribution in [2.75, 3.05) is 7.11 Å². The SMILES string of the molecule is COc1c(C(C)(C)C)cc(C)cc1C(C)(C)C1=CC(C(C)(C)C)=CC1. The molecule has 1 nitrogen and oxygen atoms in total. The van der Waals surface area contributed by atoms with Gasteiger partial charge in [-0.2, -0.15) is 0 Å². The second-order valence-electron chi connectivity index (χ2n) is 10.1. The van der Waals surface area contributed by atoms with Crippen molar-refractivity contribution in [2.45, 2.75) is 79.6 Å². The molecule has 0 amide bonds. The first kappa shape index (κ1) is 19.8. The summed E-state index contributed by atoms with van der Waals surface area (Å²) in [6.07, 6.45) is 5.84. The minimum atomic E-state index is -0.0547. The first-order valence-corrected chi connectivity index (χ1v) is 9.39. The Hall–Kier alpha value is -1.50. The molecule has 0 N–H and O–H groups in total. The van der Waals surface area contributed by atoms with Crippen molar-refractivity contribution in [3.63, 3.8) is 0 Å². The van der Waals surface area contributed by atoms with Crippen molar-refractivity contribution in [1.82, 2.24) is 0 Å². The number of methoxy groups -OCH3 is 1. The van der Waals surface area contributed by atoms with E-state index in [9.17, 15) is 0 Å². The number of aryl methyl sites for hydroxylation is 1. The van der Waals surface area contributed by atoms with Gasteiger partial charge in [0.05, 0.1) is 7.11 Å². The topological polar surface area (TPSA) is 9.23 Å². The molecule has 0 saturated carbocycles. The quantitative estimate of drug-likeness (QED) is 0.582. The molecule has 138 valence electrons. The zero-order valence-corrected chi connectivity index (χ0v) is 17.9. The summed E-state index contributed by atoms with van der Waals surface area (Å²) < 4.78 is 5.95. The van der Waals surface area contributed by atoms with Gasteiger partial charge in [-0.1, -0.05) is 90.8 Å². The van der Waals surface area contributed by atoms with Gasteiger partial charge in [0.2, 0.25) is 0 Å². The minimum absolute atomic E-state index is 0.0547. The van der Waals surface area contributed by atoms with Crippen LogP contribution < -0.4 is 4.74 Å². The van der Waals surface area contributed by atoms with Gasteiger partial charge in [0.25, 0.3) is 0 Å². The number of hydrogen-bond acceptors (Lipinski definition) is 1. The fourth-order valence-corrected chi connectivity index (χ4v) is 3.67. The minimum Gasteiger partial charge on any atom is -0.496 e. The number of rotatable bonds is 3. The van der Waals surface area contributed by atoms with E-state index in [2.05, 4.69) is 86.6 Å². The lowest BCUT2D eigenvalue weighted by Crippen LogP contribution is -2.23. The number of ether oxygens (including phenoxy) is 1. The van der Waals surface area contributed by atoms with Crippen LogP contribution in [0.25, 0.3) is 0 Å². The summed E-state index contributed by atoms with van der Waals surface area (Å²) in [5, 5.41) is 0. The van der Waals surface area contributed by atoms with E-state index in [0.29, 0.717) is 0 Å². The fraction of sp³-hybridized carbons (Fsp3) is 0.583. The van der Waals surface area contributed by atoms with E-state index in [0.717, 1.165) is 12.2 Å². The lowest BCUT2D eigenvalue weighted by Gasteiger charge is -2.33. The molecule has 0 unspecified atom stereocenters. The summed E-state index contributed by atoms with van der Waals surface area (Å²) >= 11 is 0. The molecule has 0 spiro atoms. The summed E-state index contributed by atoms with van der Waals surface area (Å²) in [5.74, 6) is 1.05. The highest BCUT2D eigenvalue weighted by molar-refractivity contribution is 5.55. The summed E-state index contributed by atoms with van der Waals surface area (Å²) in [4.78, 5) is 0. The van der Waals surface area contributed by atoms with Crippen molar-refractivity contribution < 1.29 is 4.74 Å². The third-order valence-electron chi connectivity index (χ3n) is 5.46. The molecule has 0 fully saturated rings. The van der Waals surface area contributed by atoms with Crippen LogP contribution in [0.5, 0.6) is 5.75 Å². The van der Waals surface area contributed by atoms with Gasteiger partial charge in [-0.15, -0.1) is 0 Å². The van der Waals surface area contributed by atoms with E-state index in [4.69, 9.17) is 4.74 Å². The smallest absolute Gasteiger partial charge is 0.126 e. The molecule has 0 heterocycles. The third kappa shape index (κ3) is 3.86. The van der Waals surface area contributed by atoms with Crippen molar-refractivity contribution in [3.8, 4) is 5.75 Å². The van der Waals surface area contributed by atoms with Crippen molar-refractivity contribution in [2.24, 2.45) is 5.41 Å². The average molecular weight is 341 g/mol. The van der Waals surface area contributed by atoms with Crippen molar-refractivity contribution in [1.29, 1.82) is 0 Å². The highest BCUT2D eigenvalue weighted by atomic mass is 16.5. The highest BCUT2D eigenvalue weighted by Crippen LogP contribution is 2.47. The fourth-order valence-electron chi connectivity index (χ4n) is 3.67. The molecular formula is C24H36O. The molecule has 25 heavy (non-hydrogen) atoms. The standard InChI is InChI=1S/C24H36O/c1-16-13-19(23(5,6)7)21(25-10)20(14-16)24(8,9)18-12-11-17(15-18)22(2,3)4/h11,13-15H,12H2,1-10H3. The largest absolute Gasteiger partial charge is 0.496 e. The Morgan fingerprint density at radius 1 is 0.840 bits per heavy atom. The molecule has 1 heteroatoms. The van der Waals surface area contributed by atoms with Gasteiger partial charge >= 0.3 is 0 Å². The summed E-state index contributed by atoms with van der Waals surface area (Å²) in [6.45, 7) is 20.5. The Morgan fingerprint density at radius 3 is 1.84 bits per heavy atom. The van der Waals surface area contributed by atoms with E-state index < -0.39 is 0 Å². The average Bonchev–Trinajstić information content (AvgIpc) is 2.96. The molecule has 1 aromatic carbocycles. The third-order valence-corrected chi connectivity index (χ3v) is 5.46. The van der Waals surface area contributed by atoms with E-state index in [1.165, 1.54) is 27.8 Å². The van der Waals surface area contributed by atoms with Crippen LogP contribution in [-0.4, -0.2) is 7.11 Å². The van der Waals surface area contributed by atoms with Gasteiger partial charge in [0, 0.05) is 16.5 Å². The molecule has 1 aliphatic carbocycles. The molecular weight excluding hydrogens is 304 g/mol. The van der Waals surface area contributed by atoms with Crippen LogP contribution in [0.2, 0.25) is 0 Å². The Labute approximate surface area is 155 Å². The van der Waals surface area contributed by atoms with Gasteiger partial charge in [-0.05, 0) is 29.7 Å². The van der Waals surface area contributed by atoms with Crippen LogP contribution in [-0.2, 0) is 10.8 Å². The number of benzene rings is 1. The molecule has 1 aliphatic rings. The van der Waals surface area contributed by atoms with Crippen LogP contribution in [0, 0.1) is 12.3 Å². The Balaban J connectivity index is 2.60. The van der Waals surface area contributed by atoms with E-state index in [1.807, 2.05) is 0 Å². The van der Waals surface area contributed by atoms with Crippen LogP contribution in [0.15, 0.2) is 35.4 Å².